The molecule has 0 radical (unpaired) electrons. The van der Waals surface area contributed by atoms with Crippen LogP contribution in [0.1, 0.15) is 63.0 Å². The van der Waals surface area contributed by atoms with Crippen molar-refractivity contribution in [1.82, 2.24) is 4.90 Å². The number of nitrogens with zero attached hydrogens (tertiary/aromatic N) is 1. The molecule has 3 heteroatoms. The highest BCUT2D eigenvalue weighted by Gasteiger charge is 2.21. The molecule has 1 atom stereocenters. The second-order valence-corrected chi connectivity index (χ2v) is 8.49. The number of amides is 1. The fraction of sp³-hybridized carbons (Fsp3) is 0.480. The van der Waals surface area contributed by atoms with Gasteiger partial charge in [-0.3, -0.25) is 4.79 Å². The number of piperidine rings is 1. The zero-order valence-corrected chi connectivity index (χ0v) is 17.5. The lowest BCUT2D eigenvalue weighted by Gasteiger charge is -2.33. The molecule has 1 amide bonds. The van der Waals surface area contributed by atoms with Crippen LogP contribution in [0.25, 0.3) is 0 Å². The number of hydrogen-bond donors (Lipinski definition) is 1. The number of anilines is 1. The van der Waals surface area contributed by atoms with Gasteiger partial charge in [-0.25, -0.2) is 0 Å². The highest BCUT2D eigenvalue weighted by Crippen LogP contribution is 2.30. The molecule has 1 aliphatic rings. The fourth-order valence-electron chi connectivity index (χ4n) is 3.97. The first kappa shape index (κ1) is 20.6. The van der Waals surface area contributed by atoms with Crippen LogP contribution >= 0.6 is 0 Å². The molecule has 0 aromatic heterocycles. The van der Waals surface area contributed by atoms with Crippen molar-refractivity contribution in [2.45, 2.75) is 51.9 Å². The quantitative estimate of drug-likeness (QED) is 0.675. The van der Waals surface area contributed by atoms with Crippen molar-refractivity contribution in [3.05, 3.63) is 65.7 Å². The number of benzene rings is 2. The minimum Gasteiger partial charge on any atom is -0.326 e. The van der Waals surface area contributed by atoms with Gasteiger partial charge in [0.15, 0.2) is 0 Å². The predicted molar refractivity (Wildman–Crippen MR) is 118 cm³/mol. The third-order valence-corrected chi connectivity index (χ3v) is 5.98. The molecule has 0 aliphatic carbocycles. The number of carbonyl (C=O) groups excluding carboxylic acids is 1. The van der Waals surface area contributed by atoms with Gasteiger partial charge in [0.1, 0.15) is 0 Å². The standard InChI is InChI=1S/C25H34N2O/c1-19(2)25(28)26-24-11-7-10-23(18-24)22-13-16-27(17-14-22)15-12-20(3)21-8-5-4-6-9-21/h4-11,18-20,22H,12-17H2,1-3H3,(H,26,28). The van der Waals surface area contributed by atoms with Crippen LogP contribution in [0, 0.1) is 5.92 Å². The molecule has 1 fully saturated rings. The summed E-state index contributed by atoms with van der Waals surface area (Å²) in [7, 11) is 0. The number of hydrogen-bond acceptors (Lipinski definition) is 2. The highest BCUT2D eigenvalue weighted by molar-refractivity contribution is 5.92. The van der Waals surface area contributed by atoms with E-state index in [9.17, 15) is 4.79 Å². The van der Waals surface area contributed by atoms with E-state index in [1.807, 2.05) is 19.9 Å². The van der Waals surface area contributed by atoms with Gasteiger partial charge in [0.25, 0.3) is 0 Å². The molecule has 1 saturated heterocycles. The zero-order chi connectivity index (χ0) is 19.9. The number of rotatable bonds is 7. The lowest BCUT2D eigenvalue weighted by molar-refractivity contribution is -0.118. The molecule has 1 N–H and O–H groups in total. The summed E-state index contributed by atoms with van der Waals surface area (Å²) < 4.78 is 0. The lowest BCUT2D eigenvalue weighted by Crippen LogP contribution is -2.34. The monoisotopic (exact) mass is 378 g/mol. The summed E-state index contributed by atoms with van der Waals surface area (Å²) in [6.07, 6.45) is 3.61. The Balaban J connectivity index is 1.48. The Labute approximate surface area is 170 Å². The molecular weight excluding hydrogens is 344 g/mol. The van der Waals surface area contributed by atoms with Crippen molar-refractivity contribution < 1.29 is 4.79 Å². The SMILES string of the molecule is CC(C)C(=O)Nc1cccc(C2CCN(CCC(C)c3ccccc3)CC2)c1. The van der Waals surface area contributed by atoms with Crippen molar-refractivity contribution in [2.75, 3.05) is 25.0 Å². The van der Waals surface area contributed by atoms with E-state index in [0.717, 1.165) is 18.8 Å². The van der Waals surface area contributed by atoms with E-state index in [0.29, 0.717) is 11.8 Å². The van der Waals surface area contributed by atoms with E-state index in [4.69, 9.17) is 0 Å². The van der Waals surface area contributed by atoms with Crippen LogP contribution < -0.4 is 5.32 Å². The Morgan fingerprint density at radius 2 is 1.75 bits per heavy atom. The van der Waals surface area contributed by atoms with Crippen LogP contribution in [-0.4, -0.2) is 30.4 Å². The molecule has 3 rings (SSSR count). The average Bonchev–Trinajstić information content (AvgIpc) is 2.73. The number of carbonyl (C=O) groups is 1. The van der Waals surface area contributed by atoms with Crippen LogP contribution in [0.3, 0.4) is 0 Å². The maximum atomic E-state index is 12.0. The Morgan fingerprint density at radius 3 is 2.43 bits per heavy atom. The normalized spacial score (nSPS) is 16.9. The molecule has 1 heterocycles. The Kier molecular flexibility index (Phi) is 7.27. The molecule has 0 saturated carbocycles. The molecule has 28 heavy (non-hydrogen) atoms. The largest absolute Gasteiger partial charge is 0.326 e. The van der Waals surface area contributed by atoms with Crippen molar-refractivity contribution in [1.29, 1.82) is 0 Å². The topological polar surface area (TPSA) is 32.3 Å². The van der Waals surface area contributed by atoms with Crippen LogP contribution in [0.15, 0.2) is 54.6 Å². The van der Waals surface area contributed by atoms with E-state index in [-0.39, 0.29) is 11.8 Å². The smallest absolute Gasteiger partial charge is 0.226 e. The second-order valence-electron chi connectivity index (χ2n) is 8.49. The third kappa shape index (κ3) is 5.68. The minimum atomic E-state index is 0.00479. The summed E-state index contributed by atoms with van der Waals surface area (Å²) in [5.41, 5.74) is 3.73. The van der Waals surface area contributed by atoms with Crippen molar-refractivity contribution in [3.63, 3.8) is 0 Å². The molecule has 150 valence electrons. The Bertz CT molecular complexity index is 748. The summed E-state index contributed by atoms with van der Waals surface area (Å²) >= 11 is 0. The van der Waals surface area contributed by atoms with Gasteiger partial charge in [0, 0.05) is 11.6 Å². The second kappa shape index (κ2) is 9.88. The summed E-state index contributed by atoms with van der Waals surface area (Å²) in [6, 6.07) is 19.3. The summed E-state index contributed by atoms with van der Waals surface area (Å²) in [6.45, 7) is 9.68. The molecule has 1 aliphatic heterocycles. The van der Waals surface area contributed by atoms with Gasteiger partial charge in [0.2, 0.25) is 5.91 Å². The highest BCUT2D eigenvalue weighted by atomic mass is 16.1. The van der Waals surface area contributed by atoms with E-state index < -0.39 is 0 Å². The summed E-state index contributed by atoms with van der Waals surface area (Å²) in [5.74, 6) is 1.29. The van der Waals surface area contributed by atoms with Gasteiger partial charge >= 0.3 is 0 Å². The fourth-order valence-corrected chi connectivity index (χ4v) is 3.97. The van der Waals surface area contributed by atoms with Gasteiger partial charge in [-0.2, -0.15) is 0 Å². The first-order valence-electron chi connectivity index (χ1n) is 10.7. The first-order valence-corrected chi connectivity index (χ1v) is 10.7. The van der Waals surface area contributed by atoms with E-state index >= 15 is 0 Å². The van der Waals surface area contributed by atoms with Crippen LogP contribution in [-0.2, 0) is 4.79 Å². The summed E-state index contributed by atoms with van der Waals surface area (Å²) in [5, 5.41) is 3.03. The molecule has 2 aromatic rings. The summed E-state index contributed by atoms with van der Waals surface area (Å²) in [4.78, 5) is 14.6. The van der Waals surface area contributed by atoms with E-state index in [1.165, 1.54) is 36.9 Å². The van der Waals surface area contributed by atoms with Crippen molar-refractivity contribution in [2.24, 2.45) is 5.92 Å². The van der Waals surface area contributed by atoms with Crippen LogP contribution in [0.2, 0.25) is 0 Å². The van der Waals surface area contributed by atoms with Crippen LogP contribution in [0.5, 0.6) is 0 Å². The average molecular weight is 379 g/mol. The molecule has 3 nitrogen and oxygen atoms in total. The van der Waals surface area contributed by atoms with Gasteiger partial charge < -0.3 is 10.2 Å². The predicted octanol–water partition coefficient (Wildman–Crippen LogP) is 5.65. The minimum absolute atomic E-state index is 0.00479. The van der Waals surface area contributed by atoms with Crippen LogP contribution in [0.4, 0.5) is 5.69 Å². The molecule has 2 aromatic carbocycles. The molecule has 0 spiro atoms. The maximum Gasteiger partial charge on any atom is 0.226 e. The van der Waals surface area contributed by atoms with Crippen molar-refractivity contribution in [3.8, 4) is 0 Å². The lowest BCUT2D eigenvalue weighted by atomic mass is 9.88. The van der Waals surface area contributed by atoms with Gasteiger partial charge in [-0.1, -0.05) is 63.2 Å². The van der Waals surface area contributed by atoms with E-state index in [2.05, 4.69) is 65.7 Å². The van der Waals surface area contributed by atoms with E-state index in [1.54, 1.807) is 0 Å². The first-order chi connectivity index (χ1) is 13.5. The molecule has 1 unspecified atom stereocenters. The Morgan fingerprint density at radius 1 is 1.04 bits per heavy atom. The van der Waals surface area contributed by atoms with Crippen molar-refractivity contribution >= 4 is 11.6 Å². The van der Waals surface area contributed by atoms with Gasteiger partial charge in [-0.05, 0) is 74.0 Å². The van der Waals surface area contributed by atoms with Gasteiger partial charge in [-0.15, -0.1) is 0 Å². The maximum absolute atomic E-state index is 12.0. The third-order valence-electron chi connectivity index (χ3n) is 5.98. The number of likely N-dealkylation sites (tertiary alicyclic amines) is 1. The van der Waals surface area contributed by atoms with Gasteiger partial charge in [0.05, 0.1) is 0 Å². The Hall–Kier alpha value is -2.13. The molecule has 0 bridgehead atoms. The molecular formula is C25H34N2O. The number of nitrogens with one attached hydrogen (secondary N) is 1. The zero-order valence-electron chi connectivity index (χ0n) is 17.5.